The Hall–Kier alpha value is -2.41. The van der Waals surface area contributed by atoms with Gasteiger partial charge in [-0.3, -0.25) is 5.32 Å². The third-order valence-electron chi connectivity index (χ3n) is 3.05. The van der Waals surface area contributed by atoms with Crippen molar-refractivity contribution < 1.29 is 14.3 Å². The number of ether oxygens (including phenoxy) is 2. The van der Waals surface area contributed by atoms with E-state index >= 15 is 0 Å². The normalized spacial score (nSPS) is 12.7. The van der Waals surface area contributed by atoms with Gasteiger partial charge in [0.15, 0.2) is 5.82 Å². The van der Waals surface area contributed by atoms with Gasteiger partial charge in [-0.15, -0.1) is 0 Å². The molecule has 0 spiro atoms. The molecule has 1 N–H and O–H groups in total. The number of amides is 1. The average Bonchev–Trinajstić information content (AvgIpc) is 2.88. The zero-order valence-corrected chi connectivity index (χ0v) is 14.0. The van der Waals surface area contributed by atoms with E-state index in [0.29, 0.717) is 17.2 Å². The number of carbonyl (C=O) groups excluding carboxylic acids is 1. The van der Waals surface area contributed by atoms with Gasteiger partial charge < -0.3 is 9.47 Å². The average molecular weight is 318 g/mol. The van der Waals surface area contributed by atoms with E-state index in [4.69, 9.17) is 9.47 Å². The third kappa shape index (κ3) is 4.29. The van der Waals surface area contributed by atoms with Crippen LogP contribution in [0.3, 0.4) is 0 Å². The van der Waals surface area contributed by atoms with Gasteiger partial charge in [-0.2, -0.15) is 5.10 Å². The predicted molar refractivity (Wildman–Crippen MR) is 86.6 cm³/mol. The lowest BCUT2D eigenvalue weighted by molar-refractivity contribution is 0.0635. The van der Waals surface area contributed by atoms with E-state index in [1.165, 1.54) is 0 Å². The van der Waals surface area contributed by atoms with Gasteiger partial charge >= 0.3 is 6.09 Å². The van der Waals surface area contributed by atoms with Gasteiger partial charge in [-0.05, 0) is 39.8 Å². The maximum atomic E-state index is 12.0. The first kappa shape index (κ1) is 17.0. The summed E-state index contributed by atoms with van der Waals surface area (Å²) in [5.74, 6) is 0.642. The van der Waals surface area contributed by atoms with E-state index < -0.39 is 11.7 Å². The molecule has 0 aliphatic carbocycles. The number of aromatic nitrogens is 3. The minimum atomic E-state index is -0.575. The maximum absolute atomic E-state index is 12.0. The standard InChI is InChI=1S/C16H22N4O3/c1-11(22-5)14-12(19-15(21)23-16(2,3)4)10-18-20(14)13-8-6-7-9-17-13/h6-11H,1-5H3,(H,19,21). The van der Waals surface area contributed by atoms with Crippen molar-refractivity contribution in [2.24, 2.45) is 0 Å². The number of anilines is 1. The molecule has 7 heteroatoms. The molecule has 1 amide bonds. The molecule has 0 fully saturated rings. The lowest BCUT2D eigenvalue weighted by Gasteiger charge is -2.20. The molecule has 2 aromatic heterocycles. The monoisotopic (exact) mass is 318 g/mol. The Morgan fingerprint density at radius 2 is 2.09 bits per heavy atom. The Morgan fingerprint density at radius 1 is 1.35 bits per heavy atom. The number of nitrogens with zero attached hydrogens (tertiary/aromatic N) is 3. The fourth-order valence-electron chi connectivity index (χ4n) is 2.03. The summed E-state index contributed by atoms with van der Waals surface area (Å²) >= 11 is 0. The fourth-order valence-corrected chi connectivity index (χ4v) is 2.03. The molecule has 0 saturated carbocycles. The second-order valence-corrected chi connectivity index (χ2v) is 6.05. The van der Waals surface area contributed by atoms with E-state index in [9.17, 15) is 4.79 Å². The zero-order valence-electron chi connectivity index (χ0n) is 14.0. The molecule has 0 aromatic carbocycles. The first-order chi connectivity index (χ1) is 10.8. The largest absolute Gasteiger partial charge is 0.444 e. The number of hydrogen-bond donors (Lipinski definition) is 1. The molecular formula is C16H22N4O3. The second-order valence-electron chi connectivity index (χ2n) is 6.05. The Labute approximate surface area is 135 Å². The van der Waals surface area contributed by atoms with Crippen LogP contribution in [0.5, 0.6) is 0 Å². The maximum Gasteiger partial charge on any atom is 0.412 e. The molecular weight excluding hydrogens is 296 g/mol. The van der Waals surface area contributed by atoms with Crippen LogP contribution in [-0.2, 0) is 9.47 Å². The van der Waals surface area contributed by atoms with Crippen molar-refractivity contribution in [1.82, 2.24) is 14.8 Å². The predicted octanol–water partition coefficient (Wildman–Crippen LogP) is 3.32. The van der Waals surface area contributed by atoms with E-state index in [1.807, 2.05) is 45.9 Å². The van der Waals surface area contributed by atoms with Crippen molar-refractivity contribution in [1.29, 1.82) is 0 Å². The highest BCUT2D eigenvalue weighted by atomic mass is 16.6. The van der Waals surface area contributed by atoms with Crippen LogP contribution in [0.15, 0.2) is 30.6 Å². The number of nitrogens with one attached hydrogen (secondary N) is 1. The summed E-state index contributed by atoms with van der Waals surface area (Å²) in [6.45, 7) is 7.30. The number of methoxy groups -OCH3 is 1. The highest BCUT2D eigenvalue weighted by Gasteiger charge is 2.23. The van der Waals surface area contributed by atoms with E-state index in [-0.39, 0.29) is 6.10 Å². The highest BCUT2D eigenvalue weighted by molar-refractivity contribution is 5.85. The number of rotatable bonds is 4. The van der Waals surface area contributed by atoms with Gasteiger partial charge in [0.2, 0.25) is 0 Å². The van der Waals surface area contributed by atoms with Crippen molar-refractivity contribution >= 4 is 11.8 Å². The van der Waals surface area contributed by atoms with Crippen LogP contribution in [0, 0.1) is 0 Å². The van der Waals surface area contributed by atoms with Crippen LogP contribution >= 0.6 is 0 Å². The molecule has 0 saturated heterocycles. The van der Waals surface area contributed by atoms with Gasteiger partial charge in [0, 0.05) is 13.3 Å². The van der Waals surface area contributed by atoms with Crippen LogP contribution in [0.25, 0.3) is 5.82 Å². The first-order valence-corrected chi connectivity index (χ1v) is 7.34. The Balaban J connectivity index is 2.34. The van der Waals surface area contributed by atoms with Crippen molar-refractivity contribution in [2.75, 3.05) is 12.4 Å². The summed E-state index contributed by atoms with van der Waals surface area (Å²) in [6, 6.07) is 5.52. The molecule has 2 rings (SSSR count). The molecule has 0 bridgehead atoms. The summed E-state index contributed by atoms with van der Waals surface area (Å²) < 4.78 is 12.3. The fraction of sp³-hybridized carbons (Fsp3) is 0.438. The lowest BCUT2D eigenvalue weighted by Crippen LogP contribution is -2.27. The second kappa shape index (κ2) is 6.78. The molecule has 0 aliphatic rings. The van der Waals surface area contributed by atoms with E-state index in [0.717, 1.165) is 0 Å². The number of carbonyl (C=O) groups is 1. The van der Waals surface area contributed by atoms with Gasteiger partial charge in [-0.1, -0.05) is 6.07 Å². The molecule has 23 heavy (non-hydrogen) atoms. The van der Waals surface area contributed by atoms with Crippen molar-refractivity contribution in [2.45, 2.75) is 39.4 Å². The van der Waals surface area contributed by atoms with Crippen LogP contribution in [0.4, 0.5) is 10.5 Å². The first-order valence-electron chi connectivity index (χ1n) is 7.34. The molecule has 1 atom stereocenters. The molecule has 7 nitrogen and oxygen atoms in total. The minimum Gasteiger partial charge on any atom is -0.444 e. The Kier molecular flexibility index (Phi) is 5.00. The summed E-state index contributed by atoms with van der Waals surface area (Å²) in [5.41, 5.74) is 0.644. The molecule has 0 radical (unpaired) electrons. The van der Waals surface area contributed by atoms with Crippen molar-refractivity contribution in [3.63, 3.8) is 0 Å². The minimum absolute atomic E-state index is 0.288. The molecule has 2 heterocycles. The molecule has 0 aliphatic heterocycles. The van der Waals surface area contributed by atoms with E-state index in [1.54, 1.807) is 24.2 Å². The highest BCUT2D eigenvalue weighted by Crippen LogP contribution is 2.27. The molecule has 124 valence electrons. The van der Waals surface area contributed by atoms with Gasteiger partial charge in [-0.25, -0.2) is 14.5 Å². The van der Waals surface area contributed by atoms with Gasteiger partial charge in [0.1, 0.15) is 5.60 Å². The van der Waals surface area contributed by atoms with Crippen LogP contribution in [-0.4, -0.2) is 33.6 Å². The van der Waals surface area contributed by atoms with Crippen LogP contribution < -0.4 is 5.32 Å². The lowest BCUT2D eigenvalue weighted by atomic mass is 10.2. The summed E-state index contributed by atoms with van der Waals surface area (Å²) in [4.78, 5) is 16.3. The van der Waals surface area contributed by atoms with Crippen molar-refractivity contribution in [3.05, 3.63) is 36.3 Å². The van der Waals surface area contributed by atoms with Gasteiger partial charge in [0.25, 0.3) is 0 Å². The van der Waals surface area contributed by atoms with Crippen molar-refractivity contribution in [3.8, 4) is 5.82 Å². The Morgan fingerprint density at radius 3 is 2.65 bits per heavy atom. The Bertz CT molecular complexity index is 662. The van der Waals surface area contributed by atoms with Crippen LogP contribution in [0.2, 0.25) is 0 Å². The van der Waals surface area contributed by atoms with Gasteiger partial charge in [0.05, 0.1) is 23.7 Å². The summed E-state index contributed by atoms with van der Waals surface area (Å²) in [5, 5.41) is 7.03. The summed E-state index contributed by atoms with van der Waals surface area (Å²) in [7, 11) is 1.59. The molecule has 2 aromatic rings. The summed E-state index contributed by atoms with van der Waals surface area (Å²) in [6.07, 6.45) is 2.41. The quantitative estimate of drug-likeness (QED) is 0.935. The SMILES string of the molecule is COC(C)c1c(NC(=O)OC(C)(C)C)cnn1-c1ccccn1. The third-order valence-corrected chi connectivity index (χ3v) is 3.05. The van der Waals surface area contributed by atoms with Crippen LogP contribution in [0.1, 0.15) is 39.5 Å². The van der Waals surface area contributed by atoms with E-state index in [2.05, 4.69) is 15.4 Å². The number of pyridine rings is 1. The molecule has 1 unspecified atom stereocenters. The smallest absolute Gasteiger partial charge is 0.412 e. The number of hydrogen-bond acceptors (Lipinski definition) is 5. The zero-order chi connectivity index (χ0) is 17.0. The topological polar surface area (TPSA) is 78.3 Å².